The highest BCUT2D eigenvalue weighted by Crippen LogP contribution is 2.24. The number of aromatic nitrogens is 2. The van der Waals surface area contributed by atoms with E-state index in [0.717, 1.165) is 23.5 Å². The number of anilines is 1. The van der Waals surface area contributed by atoms with E-state index < -0.39 is 11.8 Å². The highest BCUT2D eigenvalue weighted by Gasteiger charge is 2.31. The number of carbonyl (C=O) groups is 3. The van der Waals surface area contributed by atoms with Crippen molar-refractivity contribution in [1.82, 2.24) is 24.7 Å². The molecule has 0 unspecified atom stereocenters. The largest absolute Gasteiger partial charge is 0.334 e. The first-order chi connectivity index (χ1) is 14.1. The number of thiazole rings is 1. The lowest BCUT2D eigenvalue weighted by Gasteiger charge is -2.34. The van der Waals surface area contributed by atoms with Crippen molar-refractivity contribution >= 4 is 35.0 Å². The third-order valence-electron chi connectivity index (χ3n) is 5.05. The minimum atomic E-state index is -0.466. The van der Waals surface area contributed by atoms with Crippen LogP contribution in [-0.4, -0.2) is 81.8 Å². The van der Waals surface area contributed by atoms with Crippen LogP contribution in [0, 0.1) is 0 Å². The number of rotatable bonds is 2. The molecule has 2 fully saturated rings. The van der Waals surface area contributed by atoms with E-state index >= 15 is 0 Å². The Hall–Kier alpha value is -3.01. The summed E-state index contributed by atoms with van der Waals surface area (Å²) in [7, 11) is 0. The fourth-order valence-corrected chi connectivity index (χ4v) is 4.16. The molecule has 152 valence electrons. The Bertz CT molecular complexity index is 888. The van der Waals surface area contributed by atoms with Gasteiger partial charge in [0.2, 0.25) is 0 Å². The predicted octanol–water partition coefficient (Wildman–Crippen LogP) is 1.50. The Morgan fingerprint density at radius 1 is 0.897 bits per heavy atom. The summed E-state index contributed by atoms with van der Waals surface area (Å²) in [6, 6.07) is 5.32. The molecule has 2 aliphatic rings. The van der Waals surface area contributed by atoms with Crippen molar-refractivity contribution in [3.8, 4) is 10.7 Å². The maximum atomic E-state index is 12.5. The summed E-state index contributed by atoms with van der Waals surface area (Å²) in [5, 5.41) is 5.30. The van der Waals surface area contributed by atoms with Crippen LogP contribution >= 0.6 is 11.3 Å². The van der Waals surface area contributed by atoms with Crippen molar-refractivity contribution in [3.63, 3.8) is 0 Å². The molecule has 2 aromatic rings. The fourth-order valence-electron chi connectivity index (χ4n) is 3.43. The minimum absolute atomic E-state index is 0.263. The lowest BCUT2D eigenvalue weighted by molar-refractivity contribution is -0.152. The van der Waals surface area contributed by atoms with Gasteiger partial charge in [0.25, 0.3) is 0 Å². The Morgan fingerprint density at radius 2 is 1.55 bits per heavy atom. The summed E-state index contributed by atoms with van der Waals surface area (Å²) in [5.41, 5.74) is 0.757. The molecule has 0 radical (unpaired) electrons. The van der Waals surface area contributed by atoms with Gasteiger partial charge in [-0.1, -0.05) is 6.07 Å². The number of likely N-dealkylation sites (tertiary alicyclic amines) is 1. The number of amides is 4. The number of nitrogens with one attached hydrogen (secondary N) is 1. The zero-order valence-corrected chi connectivity index (χ0v) is 16.7. The van der Waals surface area contributed by atoms with Crippen LogP contribution in [0.3, 0.4) is 0 Å². The van der Waals surface area contributed by atoms with Crippen LogP contribution in [0.25, 0.3) is 10.7 Å². The molecular formula is C19H22N6O3S. The molecule has 2 saturated heterocycles. The molecule has 2 aliphatic heterocycles. The Balaban J connectivity index is 1.29. The number of pyridine rings is 1. The molecule has 29 heavy (non-hydrogen) atoms. The number of nitrogens with zero attached hydrogens (tertiary/aromatic N) is 5. The van der Waals surface area contributed by atoms with Gasteiger partial charge in [0.15, 0.2) is 0 Å². The van der Waals surface area contributed by atoms with Gasteiger partial charge in [0, 0.05) is 50.8 Å². The van der Waals surface area contributed by atoms with Crippen LogP contribution in [0.1, 0.15) is 12.8 Å². The summed E-state index contributed by atoms with van der Waals surface area (Å²) in [6.07, 6.45) is 3.60. The first-order valence-corrected chi connectivity index (χ1v) is 10.5. The summed E-state index contributed by atoms with van der Waals surface area (Å²) in [6.45, 7) is 2.76. The van der Waals surface area contributed by atoms with E-state index in [1.165, 1.54) is 16.2 Å². The summed E-state index contributed by atoms with van der Waals surface area (Å²) in [5.74, 6) is -0.417. The standard InChI is InChI=1S/C19H22N6O3S/c26-17(23-7-3-4-8-23)18(27)24-9-11-25(12-10-24)19(28)22-15-13-29-16(21-15)14-5-1-2-6-20-14/h1-2,5-6,13H,3-4,7-12H2,(H,22,28). The first-order valence-electron chi connectivity index (χ1n) is 9.63. The average Bonchev–Trinajstić information content (AvgIpc) is 3.46. The van der Waals surface area contributed by atoms with Gasteiger partial charge in [-0.15, -0.1) is 11.3 Å². The quantitative estimate of drug-likeness (QED) is 0.751. The molecule has 0 atom stereocenters. The number of carbonyl (C=O) groups excluding carboxylic acids is 3. The van der Waals surface area contributed by atoms with Crippen LogP contribution in [0.2, 0.25) is 0 Å². The average molecular weight is 414 g/mol. The van der Waals surface area contributed by atoms with Crippen molar-refractivity contribution in [2.75, 3.05) is 44.6 Å². The molecule has 0 aliphatic carbocycles. The zero-order valence-electron chi connectivity index (χ0n) is 15.9. The predicted molar refractivity (Wildman–Crippen MR) is 108 cm³/mol. The van der Waals surface area contributed by atoms with Gasteiger partial charge in [-0.2, -0.15) is 0 Å². The lowest BCUT2D eigenvalue weighted by Crippen LogP contribution is -2.54. The molecule has 10 heteroatoms. The summed E-state index contributed by atoms with van der Waals surface area (Å²) >= 11 is 1.41. The highest BCUT2D eigenvalue weighted by atomic mass is 32.1. The van der Waals surface area contributed by atoms with E-state index in [4.69, 9.17) is 0 Å². The van der Waals surface area contributed by atoms with Crippen LogP contribution in [0.5, 0.6) is 0 Å². The minimum Gasteiger partial charge on any atom is -0.334 e. The molecule has 2 aromatic heterocycles. The van der Waals surface area contributed by atoms with Crippen LogP contribution < -0.4 is 5.32 Å². The van der Waals surface area contributed by atoms with Crippen molar-refractivity contribution in [1.29, 1.82) is 0 Å². The maximum absolute atomic E-state index is 12.5. The Morgan fingerprint density at radius 3 is 2.21 bits per heavy atom. The molecule has 1 N–H and O–H groups in total. The van der Waals surface area contributed by atoms with Crippen LogP contribution in [0.15, 0.2) is 29.8 Å². The van der Waals surface area contributed by atoms with Gasteiger partial charge in [-0.3, -0.25) is 19.9 Å². The van der Waals surface area contributed by atoms with Gasteiger partial charge >= 0.3 is 17.8 Å². The molecule has 0 aromatic carbocycles. The van der Waals surface area contributed by atoms with E-state index in [9.17, 15) is 14.4 Å². The monoisotopic (exact) mass is 414 g/mol. The SMILES string of the molecule is O=C(Nc1csc(-c2ccccn2)n1)N1CCN(C(=O)C(=O)N2CCCC2)CC1. The van der Waals surface area contributed by atoms with E-state index in [1.54, 1.807) is 21.4 Å². The fraction of sp³-hybridized carbons (Fsp3) is 0.421. The van der Waals surface area contributed by atoms with Crippen molar-refractivity contribution in [2.45, 2.75) is 12.8 Å². The molecule has 0 spiro atoms. The summed E-state index contributed by atoms with van der Waals surface area (Å²) < 4.78 is 0. The third kappa shape index (κ3) is 4.37. The van der Waals surface area contributed by atoms with E-state index in [-0.39, 0.29) is 6.03 Å². The highest BCUT2D eigenvalue weighted by molar-refractivity contribution is 7.13. The lowest BCUT2D eigenvalue weighted by atomic mass is 10.3. The van der Waals surface area contributed by atoms with Crippen molar-refractivity contribution in [2.24, 2.45) is 0 Å². The van der Waals surface area contributed by atoms with E-state index in [1.807, 2.05) is 18.2 Å². The van der Waals surface area contributed by atoms with Gasteiger partial charge < -0.3 is 14.7 Å². The second-order valence-electron chi connectivity index (χ2n) is 6.96. The first kappa shape index (κ1) is 19.3. The zero-order chi connectivity index (χ0) is 20.2. The number of hydrogen-bond donors (Lipinski definition) is 1. The maximum Gasteiger partial charge on any atom is 0.323 e. The van der Waals surface area contributed by atoms with E-state index in [0.29, 0.717) is 45.1 Å². The molecule has 0 saturated carbocycles. The van der Waals surface area contributed by atoms with Crippen LogP contribution in [-0.2, 0) is 9.59 Å². The van der Waals surface area contributed by atoms with Crippen molar-refractivity contribution < 1.29 is 14.4 Å². The van der Waals surface area contributed by atoms with Gasteiger partial charge in [-0.05, 0) is 25.0 Å². The van der Waals surface area contributed by atoms with Gasteiger partial charge in [0.05, 0.1) is 5.69 Å². The third-order valence-corrected chi connectivity index (χ3v) is 5.92. The molecule has 0 bridgehead atoms. The smallest absolute Gasteiger partial charge is 0.323 e. The summed E-state index contributed by atoms with van der Waals surface area (Å²) in [4.78, 5) is 50.6. The second-order valence-corrected chi connectivity index (χ2v) is 7.82. The Kier molecular flexibility index (Phi) is 5.70. The van der Waals surface area contributed by atoms with E-state index in [2.05, 4.69) is 15.3 Å². The molecule has 4 rings (SSSR count). The second kappa shape index (κ2) is 8.56. The van der Waals surface area contributed by atoms with Gasteiger partial charge in [-0.25, -0.2) is 9.78 Å². The van der Waals surface area contributed by atoms with Crippen molar-refractivity contribution in [3.05, 3.63) is 29.8 Å². The van der Waals surface area contributed by atoms with Crippen LogP contribution in [0.4, 0.5) is 10.6 Å². The number of piperazine rings is 1. The number of hydrogen-bond acceptors (Lipinski definition) is 6. The molecule has 9 nitrogen and oxygen atoms in total. The Labute approximate surface area is 172 Å². The molecule has 4 heterocycles. The van der Waals surface area contributed by atoms with Gasteiger partial charge in [0.1, 0.15) is 10.8 Å². The number of urea groups is 1. The normalized spacial score (nSPS) is 16.8. The molecule has 4 amide bonds. The topological polar surface area (TPSA) is 98.7 Å². The molecular weight excluding hydrogens is 392 g/mol.